The number of benzene rings is 1. The summed E-state index contributed by atoms with van der Waals surface area (Å²) in [7, 11) is 0. The zero-order valence-corrected chi connectivity index (χ0v) is 6.95. The largest absolute Gasteiger partial charge is 0.372 e. The summed E-state index contributed by atoms with van der Waals surface area (Å²) in [4.78, 5) is 11.4. The molecule has 13 heavy (non-hydrogen) atoms. The van der Waals surface area contributed by atoms with Crippen molar-refractivity contribution in [2.75, 3.05) is 5.32 Å². The van der Waals surface area contributed by atoms with Gasteiger partial charge in [0.1, 0.15) is 0 Å². The molecule has 0 aliphatic carbocycles. The number of anilines is 1. The quantitative estimate of drug-likeness (QED) is 0.626. The molecule has 1 aliphatic heterocycles. The van der Waals surface area contributed by atoms with Crippen LogP contribution in [0.3, 0.4) is 0 Å². The fraction of sp³-hybridized carbons (Fsp3) is 0.100. The first-order chi connectivity index (χ1) is 6.18. The average Bonchev–Trinajstić information content (AvgIpc) is 2.41. The number of para-hydroxylation sites is 1. The third-order valence-corrected chi connectivity index (χ3v) is 2.23. The van der Waals surface area contributed by atoms with Gasteiger partial charge < -0.3 is 10.4 Å². The minimum absolute atomic E-state index is 0.441. The Morgan fingerprint density at radius 1 is 1.46 bits per heavy atom. The van der Waals surface area contributed by atoms with Gasteiger partial charge in [-0.2, -0.15) is 0 Å². The van der Waals surface area contributed by atoms with Gasteiger partial charge in [-0.3, -0.25) is 4.79 Å². The summed E-state index contributed by atoms with van der Waals surface area (Å²) >= 11 is 0. The number of hydrogen-bond acceptors (Lipinski definition) is 2. The number of fused-ring (bicyclic) bond motifs is 1. The standard InChI is InChI=1S/C10H9NO2/c1-2-10(13)7-5-3-4-6-8(7)11-9(10)12/h2-6,13H,1H2,(H,11,12). The summed E-state index contributed by atoms with van der Waals surface area (Å²) in [5.74, 6) is -0.441. The highest BCUT2D eigenvalue weighted by Gasteiger charge is 2.42. The maximum absolute atomic E-state index is 11.4. The van der Waals surface area contributed by atoms with Crippen molar-refractivity contribution < 1.29 is 9.90 Å². The molecule has 3 nitrogen and oxygen atoms in total. The van der Waals surface area contributed by atoms with E-state index in [2.05, 4.69) is 11.9 Å². The third-order valence-electron chi connectivity index (χ3n) is 2.23. The molecule has 1 aromatic carbocycles. The van der Waals surface area contributed by atoms with Gasteiger partial charge in [-0.1, -0.05) is 24.8 Å². The Balaban J connectivity index is 2.65. The lowest BCUT2D eigenvalue weighted by Crippen LogP contribution is -2.31. The van der Waals surface area contributed by atoms with Gasteiger partial charge in [-0.15, -0.1) is 0 Å². The number of carbonyl (C=O) groups excluding carboxylic acids is 1. The first-order valence-electron chi connectivity index (χ1n) is 3.95. The molecule has 1 atom stereocenters. The van der Waals surface area contributed by atoms with Crippen LogP contribution in [0.2, 0.25) is 0 Å². The highest BCUT2D eigenvalue weighted by molar-refractivity contribution is 6.06. The predicted molar refractivity (Wildman–Crippen MR) is 49.2 cm³/mol. The Morgan fingerprint density at radius 2 is 2.15 bits per heavy atom. The normalized spacial score (nSPS) is 25.2. The number of rotatable bonds is 1. The number of amides is 1. The van der Waals surface area contributed by atoms with Gasteiger partial charge in [0.15, 0.2) is 5.60 Å². The van der Waals surface area contributed by atoms with E-state index < -0.39 is 11.5 Å². The number of carbonyl (C=O) groups is 1. The second-order valence-electron chi connectivity index (χ2n) is 2.97. The van der Waals surface area contributed by atoms with Crippen LogP contribution in [0.25, 0.3) is 0 Å². The molecule has 0 fully saturated rings. The molecule has 1 unspecified atom stereocenters. The van der Waals surface area contributed by atoms with Crippen LogP contribution in [-0.4, -0.2) is 11.0 Å². The van der Waals surface area contributed by atoms with E-state index in [4.69, 9.17) is 0 Å². The molecule has 0 saturated carbocycles. The topological polar surface area (TPSA) is 49.3 Å². The monoisotopic (exact) mass is 175 g/mol. The Bertz CT molecular complexity index is 386. The van der Waals surface area contributed by atoms with Gasteiger partial charge in [-0.05, 0) is 12.1 Å². The van der Waals surface area contributed by atoms with Crippen LogP contribution in [0.15, 0.2) is 36.9 Å². The van der Waals surface area contributed by atoms with Crippen molar-refractivity contribution in [2.24, 2.45) is 0 Å². The van der Waals surface area contributed by atoms with Crippen LogP contribution in [0, 0.1) is 0 Å². The molecule has 1 aromatic rings. The molecule has 0 spiro atoms. The Hall–Kier alpha value is -1.61. The molecule has 0 aromatic heterocycles. The predicted octanol–water partition coefficient (Wildman–Crippen LogP) is 1.01. The maximum Gasteiger partial charge on any atom is 0.265 e. The third kappa shape index (κ3) is 0.907. The summed E-state index contributed by atoms with van der Waals surface area (Å²) in [5, 5.41) is 12.5. The van der Waals surface area contributed by atoms with E-state index in [0.29, 0.717) is 11.3 Å². The average molecular weight is 175 g/mol. The summed E-state index contributed by atoms with van der Waals surface area (Å²) in [6.07, 6.45) is 1.24. The van der Waals surface area contributed by atoms with E-state index in [9.17, 15) is 9.90 Å². The Morgan fingerprint density at radius 3 is 2.85 bits per heavy atom. The van der Waals surface area contributed by atoms with E-state index in [0.717, 1.165) is 0 Å². The molecule has 0 saturated heterocycles. The van der Waals surface area contributed by atoms with E-state index in [1.165, 1.54) is 6.08 Å². The molecule has 3 heteroatoms. The second kappa shape index (κ2) is 2.44. The van der Waals surface area contributed by atoms with Crippen molar-refractivity contribution in [3.05, 3.63) is 42.5 Å². The van der Waals surface area contributed by atoms with Crippen LogP contribution in [0.1, 0.15) is 5.56 Å². The summed E-state index contributed by atoms with van der Waals surface area (Å²) < 4.78 is 0. The van der Waals surface area contributed by atoms with Crippen LogP contribution in [0.5, 0.6) is 0 Å². The first-order valence-corrected chi connectivity index (χ1v) is 3.95. The van der Waals surface area contributed by atoms with E-state index in [-0.39, 0.29) is 0 Å². The highest BCUT2D eigenvalue weighted by Crippen LogP contribution is 2.35. The van der Waals surface area contributed by atoms with Gasteiger partial charge >= 0.3 is 0 Å². The molecule has 0 bridgehead atoms. The number of nitrogens with one attached hydrogen (secondary N) is 1. The van der Waals surface area contributed by atoms with Gasteiger partial charge in [0.25, 0.3) is 5.91 Å². The minimum atomic E-state index is -1.56. The number of aliphatic hydroxyl groups is 1. The van der Waals surface area contributed by atoms with Crippen LogP contribution < -0.4 is 5.32 Å². The van der Waals surface area contributed by atoms with Gasteiger partial charge in [0, 0.05) is 11.3 Å². The smallest absolute Gasteiger partial charge is 0.265 e. The summed E-state index contributed by atoms with van der Waals surface area (Å²) in [6.45, 7) is 3.45. The van der Waals surface area contributed by atoms with Crippen LogP contribution >= 0.6 is 0 Å². The number of hydrogen-bond donors (Lipinski definition) is 2. The molecule has 1 amide bonds. The molecule has 2 N–H and O–H groups in total. The molecule has 66 valence electrons. The van der Waals surface area contributed by atoms with Crippen molar-refractivity contribution in [3.8, 4) is 0 Å². The van der Waals surface area contributed by atoms with E-state index in [1.54, 1.807) is 24.3 Å². The molecular formula is C10H9NO2. The van der Waals surface area contributed by atoms with Crippen LogP contribution in [-0.2, 0) is 10.4 Å². The molecule has 0 radical (unpaired) electrons. The van der Waals surface area contributed by atoms with E-state index >= 15 is 0 Å². The lowest BCUT2D eigenvalue weighted by Gasteiger charge is -2.14. The SMILES string of the molecule is C=CC1(O)C(=O)Nc2ccccc21. The minimum Gasteiger partial charge on any atom is -0.372 e. The van der Waals surface area contributed by atoms with Crippen molar-refractivity contribution in [1.82, 2.24) is 0 Å². The fourth-order valence-corrected chi connectivity index (χ4v) is 1.47. The van der Waals surface area contributed by atoms with Gasteiger partial charge in [-0.25, -0.2) is 0 Å². The lowest BCUT2D eigenvalue weighted by molar-refractivity contribution is -0.129. The van der Waals surface area contributed by atoms with Crippen molar-refractivity contribution >= 4 is 11.6 Å². The zero-order chi connectivity index (χ0) is 9.47. The van der Waals surface area contributed by atoms with Crippen molar-refractivity contribution in [3.63, 3.8) is 0 Å². The Kier molecular flexibility index (Phi) is 1.50. The van der Waals surface area contributed by atoms with Crippen molar-refractivity contribution in [2.45, 2.75) is 5.60 Å². The van der Waals surface area contributed by atoms with Crippen molar-refractivity contribution in [1.29, 1.82) is 0 Å². The molecular weight excluding hydrogens is 166 g/mol. The lowest BCUT2D eigenvalue weighted by atomic mass is 9.96. The van der Waals surface area contributed by atoms with Gasteiger partial charge in [0.05, 0.1) is 0 Å². The second-order valence-corrected chi connectivity index (χ2v) is 2.97. The fourth-order valence-electron chi connectivity index (χ4n) is 1.47. The molecule has 1 heterocycles. The molecule has 2 rings (SSSR count). The van der Waals surface area contributed by atoms with Crippen LogP contribution in [0.4, 0.5) is 5.69 Å². The maximum atomic E-state index is 11.4. The summed E-state index contributed by atoms with van der Waals surface area (Å²) in [5.41, 5.74) is -0.346. The first kappa shape index (κ1) is 8.01. The summed E-state index contributed by atoms with van der Waals surface area (Å²) in [6, 6.07) is 7.02. The Labute approximate surface area is 75.7 Å². The van der Waals surface area contributed by atoms with Gasteiger partial charge in [0.2, 0.25) is 0 Å². The van der Waals surface area contributed by atoms with E-state index in [1.807, 2.05) is 0 Å². The molecule has 1 aliphatic rings. The zero-order valence-electron chi connectivity index (χ0n) is 6.95. The highest BCUT2D eigenvalue weighted by atomic mass is 16.3.